The third-order valence-electron chi connectivity index (χ3n) is 14.8. The fourth-order valence-corrected chi connectivity index (χ4v) is 11.9. The second-order valence-corrected chi connectivity index (χ2v) is 25.5. The SMILES string of the molecule is CC(C)C[C@@H]1NC(=O)[C@H](Cc2ccccc2)NC(=O)[C@H](CO)NC(=O)[C@H](CCCN=C(N)N)NC(=O)[C@@H]2CCCN2C(=O)OCCSSCCOC(=O)NCCCC[C@@H](C(=O)N2CCC[C@H]2C(N)=O)NC(=O)[C@H](CCCN=C(N)N)NC(=O)[C@H](C(C)C)NC1=O. The Hall–Kier alpha value is -7.81. The molecule has 11 amide bonds. The minimum absolute atomic E-state index is 0.0265. The number of nitrogens with one attached hydrogen (secondary N) is 8. The molecule has 1 aromatic rings. The number of benzene rings is 1. The Balaban J connectivity index is 1.69. The van der Waals surface area contributed by atoms with E-state index in [1.165, 1.54) is 31.4 Å². The summed E-state index contributed by atoms with van der Waals surface area (Å²) in [6, 6.07) is -3.13. The lowest BCUT2D eigenvalue weighted by Gasteiger charge is -2.30. The molecule has 0 saturated carbocycles. The minimum atomic E-state index is -1.70. The zero-order valence-electron chi connectivity index (χ0n) is 51.7. The zero-order chi connectivity index (χ0) is 66.3. The molecular weight excluding hydrogens is 1210 g/mol. The maximum atomic E-state index is 14.6. The van der Waals surface area contributed by atoms with Gasteiger partial charge in [-0.2, -0.15) is 0 Å². The molecule has 0 radical (unpaired) electrons. The molecule has 19 N–H and O–H groups in total. The van der Waals surface area contributed by atoms with Crippen LogP contribution in [-0.4, -0.2) is 211 Å². The summed E-state index contributed by atoms with van der Waals surface area (Å²) in [7, 11) is 2.71. The van der Waals surface area contributed by atoms with Crippen molar-refractivity contribution >= 4 is 98.9 Å². The minimum Gasteiger partial charge on any atom is -0.449 e. The van der Waals surface area contributed by atoms with Crippen LogP contribution in [0.3, 0.4) is 0 Å². The number of guanidine groups is 2. The molecule has 0 unspecified atom stereocenters. The molecule has 0 aromatic heterocycles. The number of hydrogen-bond acceptors (Lipinski definition) is 18. The summed E-state index contributed by atoms with van der Waals surface area (Å²) < 4.78 is 10.8. The van der Waals surface area contributed by atoms with E-state index in [0.717, 1.165) is 0 Å². The first kappa shape index (κ1) is 74.7. The van der Waals surface area contributed by atoms with Gasteiger partial charge in [-0.15, -0.1) is 0 Å². The molecule has 3 saturated heterocycles. The van der Waals surface area contributed by atoms with Crippen molar-refractivity contribution in [1.82, 2.24) is 52.3 Å². The van der Waals surface area contributed by atoms with Crippen LogP contribution in [0.1, 0.15) is 110 Å². The summed E-state index contributed by atoms with van der Waals surface area (Å²) in [6.07, 6.45) is 0.782. The topological polar surface area (TPSA) is 484 Å². The van der Waals surface area contributed by atoms with Gasteiger partial charge in [0.05, 0.1) is 6.61 Å². The quantitative estimate of drug-likeness (QED) is 0.0361. The van der Waals surface area contributed by atoms with Gasteiger partial charge < -0.3 is 90.7 Å². The third-order valence-corrected chi connectivity index (χ3v) is 17.1. The van der Waals surface area contributed by atoms with Crippen molar-refractivity contribution in [2.75, 3.05) is 64.1 Å². The molecule has 502 valence electrons. The first-order chi connectivity index (χ1) is 42.9. The summed E-state index contributed by atoms with van der Waals surface area (Å²) in [5.41, 5.74) is 28.5. The van der Waals surface area contributed by atoms with Gasteiger partial charge in [0.1, 0.15) is 67.6 Å². The molecule has 3 fully saturated rings. The van der Waals surface area contributed by atoms with Crippen LogP contribution < -0.4 is 71.2 Å². The predicted molar refractivity (Wildman–Crippen MR) is 338 cm³/mol. The molecule has 31 nitrogen and oxygen atoms in total. The Bertz CT molecular complexity index is 2630. The Kier molecular flexibility index (Phi) is 32.6. The van der Waals surface area contributed by atoms with Gasteiger partial charge in [0.15, 0.2) is 11.9 Å². The molecule has 3 aliphatic heterocycles. The summed E-state index contributed by atoms with van der Waals surface area (Å²) in [5, 5.41) is 32.1. The average Bonchev–Trinajstić information content (AvgIpc) is 4.45. The highest BCUT2D eigenvalue weighted by atomic mass is 33.1. The maximum absolute atomic E-state index is 14.6. The number of amides is 11. The Morgan fingerprint density at radius 1 is 0.622 bits per heavy atom. The zero-order valence-corrected chi connectivity index (χ0v) is 53.4. The number of alkyl carbamates (subject to hydrolysis) is 1. The normalized spacial score (nSPS) is 25.2. The van der Waals surface area contributed by atoms with Crippen LogP contribution in [0.4, 0.5) is 9.59 Å². The number of aliphatic hydroxyl groups excluding tert-OH is 1. The number of nitrogens with zero attached hydrogens (tertiary/aromatic N) is 4. The number of ether oxygens (including phenoxy) is 2. The number of likely N-dealkylation sites (tertiary alicyclic amines) is 1. The number of aliphatic hydroxyl groups is 1. The van der Waals surface area contributed by atoms with Gasteiger partial charge in [0.25, 0.3) is 0 Å². The third kappa shape index (κ3) is 26.0. The predicted octanol–water partition coefficient (Wildman–Crippen LogP) is -2.21. The van der Waals surface area contributed by atoms with Crippen molar-refractivity contribution in [1.29, 1.82) is 0 Å². The number of cyclic esters (lactones) is 2. The van der Waals surface area contributed by atoms with Gasteiger partial charge >= 0.3 is 12.2 Å². The molecule has 4 rings (SSSR count). The van der Waals surface area contributed by atoms with E-state index in [9.17, 15) is 57.8 Å². The molecule has 0 spiro atoms. The average molecular weight is 1300 g/mol. The molecule has 0 bridgehead atoms. The second-order valence-electron chi connectivity index (χ2n) is 22.8. The van der Waals surface area contributed by atoms with Crippen molar-refractivity contribution in [3.8, 4) is 0 Å². The summed E-state index contributed by atoms with van der Waals surface area (Å²) in [5.74, 6) is -7.72. The number of aliphatic imine (C=N–C) groups is 2. The van der Waals surface area contributed by atoms with Gasteiger partial charge in [0, 0.05) is 50.7 Å². The van der Waals surface area contributed by atoms with Crippen LogP contribution in [0.2, 0.25) is 0 Å². The van der Waals surface area contributed by atoms with E-state index < -0.39 is 132 Å². The van der Waals surface area contributed by atoms with Crippen molar-refractivity contribution < 1.29 is 67.3 Å². The van der Waals surface area contributed by atoms with Crippen molar-refractivity contribution in [2.24, 2.45) is 50.5 Å². The van der Waals surface area contributed by atoms with Crippen molar-refractivity contribution in [3.05, 3.63) is 35.9 Å². The molecule has 3 heterocycles. The van der Waals surface area contributed by atoms with E-state index in [4.69, 9.17) is 38.1 Å². The lowest BCUT2D eigenvalue weighted by Crippen LogP contribution is -2.61. The molecule has 0 aliphatic carbocycles. The van der Waals surface area contributed by atoms with E-state index in [-0.39, 0.29) is 122 Å². The van der Waals surface area contributed by atoms with Crippen molar-refractivity contribution in [2.45, 2.75) is 166 Å². The first-order valence-electron chi connectivity index (χ1n) is 30.5. The Morgan fingerprint density at radius 2 is 1.17 bits per heavy atom. The highest BCUT2D eigenvalue weighted by Crippen LogP contribution is 2.23. The molecular formula is C57H93N17O14S2. The Morgan fingerprint density at radius 3 is 1.77 bits per heavy atom. The van der Waals surface area contributed by atoms with E-state index >= 15 is 0 Å². The number of carbonyl (C=O) groups excluding carboxylic acids is 11. The first-order valence-corrected chi connectivity index (χ1v) is 33.0. The highest BCUT2D eigenvalue weighted by Gasteiger charge is 2.40. The standard InChI is InChI=1S/C57H93N17O14S2/c1-33(2)30-39-49(80)72-44(34(3)4)52(83)67-37(18-11-23-64-55(61)62)46(77)68-38(53(84)73-24-12-19-42(73)45(58)76)16-8-9-21-65-56(85)87-26-28-89-90-29-27-88-57(86)74-25-13-20-43(74)51(82)66-36(17-10-22-63-54(59)60)47(78)71-41(32-75)50(81)70-40(48(79)69-39)31-35-14-6-5-7-15-35/h5-7,14-15,33-34,36-44,75H,8-13,16-32H2,1-4H3,(H2,58,76)(H,65,85)(H,66,82)(H,67,83)(H,68,77)(H,69,79)(H,70,81)(H,71,78)(H,72,80)(H4,59,60,63)(H4,61,62,64)/t36-,37-,38-,39-,40-,41-,42-,43-,44-/m0/s1. The lowest BCUT2D eigenvalue weighted by atomic mass is 9.98. The van der Waals surface area contributed by atoms with Crippen LogP contribution in [0.25, 0.3) is 0 Å². The summed E-state index contributed by atoms with van der Waals surface area (Å²) in [6.45, 7) is 6.54. The van der Waals surface area contributed by atoms with E-state index in [1.807, 2.05) is 0 Å². The van der Waals surface area contributed by atoms with Crippen molar-refractivity contribution in [3.63, 3.8) is 0 Å². The van der Waals surface area contributed by atoms with Crippen LogP contribution >= 0.6 is 21.6 Å². The van der Waals surface area contributed by atoms with Gasteiger partial charge in [-0.3, -0.25) is 58.0 Å². The van der Waals surface area contributed by atoms with E-state index in [2.05, 4.69) is 52.5 Å². The second kappa shape index (κ2) is 39.3. The molecule has 3 aliphatic rings. The van der Waals surface area contributed by atoms with Gasteiger partial charge in [-0.05, 0) is 94.4 Å². The monoisotopic (exact) mass is 1300 g/mol. The van der Waals surface area contributed by atoms with Crippen LogP contribution in [0.15, 0.2) is 40.3 Å². The number of primary amides is 1. The summed E-state index contributed by atoms with van der Waals surface area (Å²) in [4.78, 5) is 164. The molecule has 90 heavy (non-hydrogen) atoms. The van der Waals surface area contributed by atoms with E-state index in [1.54, 1.807) is 58.0 Å². The fraction of sp³-hybridized carbons (Fsp3) is 0.667. The fourth-order valence-electron chi connectivity index (χ4n) is 10.2. The molecule has 33 heteroatoms. The number of carbonyl (C=O) groups is 11. The highest BCUT2D eigenvalue weighted by molar-refractivity contribution is 8.76. The number of nitrogens with two attached hydrogens (primary N) is 5. The molecule has 1 aromatic carbocycles. The number of hydrogen-bond donors (Lipinski definition) is 14. The molecule has 9 atom stereocenters. The van der Waals surface area contributed by atoms with Crippen LogP contribution in [0, 0.1) is 11.8 Å². The van der Waals surface area contributed by atoms with E-state index in [0.29, 0.717) is 42.8 Å². The van der Waals surface area contributed by atoms with Gasteiger partial charge in [-0.25, -0.2) is 9.59 Å². The van der Waals surface area contributed by atoms with Gasteiger partial charge in [-0.1, -0.05) is 79.6 Å². The maximum Gasteiger partial charge on any atom is 0.410 e. The summed E-state index contributed by atoms with van der Waals surface area (Å²) >= 11 is 0. The largest absolute Gasteiger partial charge is 0.449 e. The lowest BCUT2D eigenvalue weighted by molar-refractivity contribution is -0.141. The van der Waals surface area contributed by atoms with Crippen LogP contribution in [-0.2, 0) is 59.0 Å². The number of rotatable bonds is 16. The van der Waals surface area contributed by atoms with Crippen LogP contribution in [0.5, 0.6) is 0 Å². The van der Waals surface area contributed by atoms with Gasteiger partial charge in [0.2, 0.25) is 53.2 Å². The number of fused-ring (bicyclic) bond motifs is 1. The Labute approximate surface area is 532 Å². The smallest absolute Gasteiger partial charge is 0.410 e.